The quantitative estimate of drug-likeness (QED) is 0.746. The highest BCUT2D eigenvalue weighted by molar-refractivity contribution is 5.49. The van der Waals surface area contributed by atoms with E-state index in [9.17, 15) is 4.79 Å². The van der Waals surface area contributed by atoms with Crippen molar-refractivity contribution in [3.8, 4) is 5.75 Å². The lowest BCUT2D eigenvalue weighted by molar-refractivity contribution is -0.118. The Morgan fingerprint density at radius 3 is 2.80 bits per heavy atom. The van der Waals surface area contributed by atoms with Crippen molar-refractivity contribution in [1.29, 1.82) is 0 Å². The van der Waals surface area contributed by atoms with Gasteiger partial charge in [0.15, 0.2) is 5.82 Å². The van der Waals surface area contributed by atoms with Crippen molar-refractivity contribution in [2.75, 3.05) is 50.1 Å². The number of nitrogens with one attached hydrogen (secondary N) is 1. The minimum absolute atomic E-state index is 0.505. The lowest BCUT2D eigenvalue weighted by Gasteiger charge is -2.33. The van der Waals surface area contributed by atoms with Gasteiger partial charge in [0.2, 0.25) is 12.4 Å². The van der Waals surface area contributed by atoms with Crippen molar-refractivity contribution >= 4 is 18.2 Å². The Bertz CT molecular complexity index is 703. The van der Waals surface area contributed by atoms with E-state index in [-0.39, 0.29) is 0 Å². The summed E-state index contributed by atoms with van der Waals surface area (Å²) < 4.78 is 5.36. The summed E-state index contributed by atoms with van der Waals surface area (Å²) in [7, 11) is 1.67. The highest BCUT2D eigenvalue weighted by Gasteiger charge is 2.17. The molecule has 1 fully saturated rings. The van der Waals surface area contributed by atoms with Crippen LogP contribution in [-0.2, 0) is 11.2 Å². The molecule has 0 unspecified atom stereocenters. The average molecular weight is 342 g/mol. The maximum atomic E-state index is 10.8. The third-order valence-electron chi connectivity index (χ3n) is 4.20. The van der Waals surface area contributed by atoms with Gasteiger partial charge in [0, 0.05) is 32.7 Å². The number of piperazine rings is 1. The Morgan fingerprint density at radius 1 is 1.24 bits per heavy atom. The number of anilines is 2. The van der Waals surface area contributed by atoms with Crippen molar-refractivity contribution in [3.05, 3.63) is 36.0 Å². The molecule has 0 aliphatic carbocycles. The van der Waals surface area contributed by atoms with Gasteiger partial charge >= 0.3 is 0 Å². The minimum Gasteiger partial charge on any atom is -0.496 e. The van der Waals surface area contributed by atoms with E-state index in [1.54, 1.807) is 18.2 Å². The third-order valence-corrected chi connectivity index (χ3v) is 4.20. The predicted molar refractivity (Wildman–Crippen MR) is 94.9 cm³/mol. The molecule has 0 saturated carbocycles. The van der Waals surface area contributed by atoms with Gasteiger partial charge in [-0.15, -0.1) is 5.10 Å². The zero-order chi connectivity index (χ0) is 17.5. The minimum atomic E-state index is 0.505. The van der Waals surface area contributed by atoms with Crippen LogP contribution in [0.5, 0.6) is 5.75 Å². The number of methoxy groups -OCH3 is 1. The molecule has 0 atom stereocenters. The van der Waals surface area contributed by atoms with Crippen LogP contribution in [0.3, 0.4) is 0 Å². The first-order valence-electron chi connectivity index (χ1n) is 8.30. The number of aromatic nitrogens is 3. The molecule has 1 N–H and O–H groups in total. The summed E-state index contributed by atoms with van der Waals surface area (Å²) in [5.74, 6) is 2.16. The molecule has 0 bridgehead atoms. The molecule has 1 aromatic heterocycles. The second-order valence-electron chi connectivity index (χ2n) is 5.76. The van der Waals surface area contributed by atoms with Crippen LogP contribution in [0.15, 0.2) is 30.5 Å². The fraction of sp³-hybridized carbons (Fsp3) is 0.412. The molecule has 132 valence electrons. The number of ether oxygens (including phenoxy) is 1. The molecule has 2 aromatic rings. The first-order chi connectivity index (χ1) is 12.3. The van der Waals surface area contributed by atoms with Crippen molar-refractivity contribution in [2.24, 2.45) is 0 Å². The average Bonchev–Trinajstić information content (AvgIpc) is 2.69. The standard InChI is InChI=1S/C17H22N6O2/c1-25-15-5-3-2-4-14(15)6-7-18-17-20-16(12-19-21-17)23-10-8-22(13-24)9-11-23/h2-5,12-13H,6-11H2,1H3,(H,18,20,21). The summed E-state index contributed by atoms with van der Waals surface area (Å²) in [4.78, 5) is 19.2. The normalized spacial score (nSPS) is 14.3. The molecule has 1 amide bonds. The Kier molecular flexibility index (Phi) is 5.61. The van der Waals surface area contributed by atoms with E-state index < -0.39 is 0 Å². The summed E-state index contributed by atoms with van der Waals surface area (Å²) in [6.07, 6.45) is 3.35. The smallest absolute Gasteiger partial charge is 0.244 e. The molecule has 0 spiro atoms. The maximum Gasteiger partial charge on any atom is 0.244 e. The van der Waals surface area contributed by atoms with Gasteiger partial charge in [0.25, 0.3) is 0 Å². The largest absolute Gasteiger partial charge is 0.496 e. The Morgan fingerprint density at radius 2 is 2.04 bits per heavy atom. The van der Waals surface area contributed by atoms with E-state index in [2.05, 4.69) is 25.4 Å². The number of carbonyl (C=O) groups excluding carboxylic acids is 1. The van der Waals surface area contributed by atoms with Gasteiger partial charge in [-0.05, 0) is 18.1 Å². The van der Waals surface area contributed by atoms with Gasteiger partial charge in [-0.1, -0.05) is 18.2 Å². The molecule has 8 nitrogen and oxygen atoms in total. The van der Waals surface area contributed by atoms with Crippen molar-refractivity contribution in [2.45, 2.75) is 6.42 Å². The molecule has 25 heavy (non-hydrogen) atoms. The molecule has 1 saturated heterocycles. The Labute approximate surface area is 146 Å². The van der Waals surface area contributed by atoms with Gasteiger partial charge in [0.1, 0.15) is 5.75 Å². The Hall–Kier alpha value is -2.90. The van der Waals surface area contributed by atoms with Crippen molar-refractivity contribution in [1.82, 2.24) is 20.1 Å². The topological polar surface area (TPSA) is 83.5 Å². The fourth-order valence-electron chi connectivity index (χ4n) is 2.80. The van der Waals surface area contributed by atoms with Crippen LogP contribution in [0, 0.1) is 0 Å². The number of amides is 1. The summed E-state index contributed by atoms with van der Waals surface area (Å²) >= 11 is 0. The Balaban J connectivity index is 1.56. The SMILES string of the molecule is COc1ccccc1CCNc1nncc(N2CCN(C=O)CC2)n1. The van der Waals surface area contributed by atoms with Crippen LogP contribution in [0.4, 0.5) is 11.8 Å². The molecular formula is C17H22N6O2. The van der Waals surface area contributed by atoms with Crippen LogP contribution >= 0.6 is 0 Å². The lowest BCUT2D eigenvalue weighted by atomic mass is 10.1. The van der Waals surface area contributed by atoms with Crippen LogP contribution in [0.25, 0.3) is 0 Å². The first-order valence-corrected chi connectivity index (χ1v) is 8.30. The summed E-state index contributed by atoms with van der Waals surface area (Å²) in [6.45, 7) is 3.58. The fourth-order valence-corrected chi connectivity index (χ4v) is 2.80. The van der Waals surface area contributed by atoms with E-state index >= 15 is 0 Å². The van der Waals surface area contributed by atoms with Gasteiger partial charge in [-0.3, -0.25) is 4.79 Å². The molecular weight excluding hydrogens is 320 g/mol. The van der Waals surface area contributed by atoms with Gasteiger partial charge in [-0.2, -0.15) is 10.1 Å². The zero-order valence-corrected chi connectivity index (χ0v) is 14.3. The van der Waals surface area contributed by atoms with E-state index in [1.165, 1.54) is 0 Å². The van der Waals surface area contributed by atoms with E-state index in [0.717, 1.165) is 43.1 Å². The number of para-hydroxylation sites is 1. The molecule has 2 heterocycles. The molecule has 1 aromatic carbocycles. The number of hydrogen-bond donors (Lipinski definition) is 1. The highest BCUT2D eigenvalue weighted by atomic mass is 16.5. The summed E-state index contributed by atoms with van der Waals surface area (Å²) in [6, 6.07) is 7.95. The highest BCUT2D eigenvalue weighted by Crippen LogP contribution is 2.18. The molecule has 0 radical (unpaired) electrons. The van der Waals surface area contributed by atoms with Gasteiger partial charge < -0.3 is 19.9 Å². The number of hydrogen-bond acceptors (Lipinski definition) is 7. The van der Waals surface area contributed by atoms with E-state index in [1.807, 2.05) is 24.3 Å². The van der Waals surface area contributed by atoms with Gasteiger partial charge in [-0.25, -0.2) is 0 Å². The zero-order valence-electron chi connectivity index (χ0n) is 14.3. The second-order valence-corrected chi connectivity index (χ2v) is 5.76. The van der Waals surface area contributed by atoms with E-state index in [4.69, 9.17) is 4.74 Å². The van der Waals surface area contributed by atoms with Crippen LogP contribution in [0.2, 0.25) is 0 Å². The van der Waals surface area contributed by atoms with Crippen LogP contribution in [0.1, 0.15) is 5.56 Å². The third kappa shape index (κ3) is 4.34. The number of benzene rings is 1. The second kappa shape index (κ2) is 8.27. The van der Waals surface area contributed by atoms with Crippen LogP contribution < -0.4 is 15.0 Å². The number of nitrogens with zero attached hydrogens (tertiary/aromatic N) is 5. The van der Waals surface area contributed by atoms with Crippen molar-refractivity contribution in [3.63, 3.8) is 0 Å². The molecule has 8 heteroatoms. The number of rotatable bonds is 7. The lowest BCUT2D eigenvalue weighted by Crippen LogP contribution is -2.46. The molecule has 1 aliphatic heterocycles. The van der Waals surface area contributed by atoms with Gasteiger partial charge in [0.05, 0.1) is 13.3 Å². The predicted octanol–water partition coefficient (Wildman–Crippen LogP) is 0.813. The maximum absolute atomic E-state index is 10.8. The van der Waals surface area contributed by atoms with Crippen molar-refractivity contribution < 1.29 is 9.53 Å². The first kappa shape index (κ1) is 16.9. The molecule has 1 aliphatic rings. The van der Waals surface area contributed by atoms with E-state index in [0.29, 0.717) is 25.6 Å². The summed E-state index contributed by atoms with van der Waals surface area (Å²) in [5.41, 5.74) is 1.13. The monoisotopic (exact) mass is 342 g/mol. The summed E-state index contributed by atoms with van der Waals surface area (Å²) in [5, 5.41) is 11.3. The number of carbonyl (C=O) groups is 1. The van der Waals surface area contributed by atoms with Crippen LogP contribution in [-0.4, -0.2) is 66.3 Å². The molecule has 3 rings (SSSR count).